The Morgan fingerprint density at radius 3 is 3.08 bits per heavy atom. The number of nitrogens with one attached hydrogen (secondary N) is 1. The summed E-state index contributed by atoms with van der Waals surface area (Å²) in [4.78, 5) is 0. The summed E-state index contributed by atoms with van der Waals surface area (Å²) in [6, 6.07) is 3.64. The van der Waals surface area contributed by atoms with Crippen LogP contribution in [0.5, 0.6) is 11.5 Å². The molecule has 1 heterocycles. The van der Waals surface area contributed by atoms with Crippen LogP contribution in [0.3, 0.4) is 0 Å². The predicted molar refractivity (Wildman–Crippen MR) is 50.3 cm³/mol. The molecule has 0 fully saturated rings. The first kappa shape index (κ1) is 8.66. The van der Waals surface area contributed by atoms with Crippen molar-refractivity contribution in [1.82, 2.24) is 5.32 Å². The summed E-state index contributed by atoms with van der Waals surface area (Å²) >= 11 is 6.01. The van der Waals surface area contributed by atoms with Crippen LogP contribution in [0.4, 0.5) is 0 Å². The average molecular weight is 200 g/mol. The van der Waals surface area contributed by atoms with Gasteiger partial charge in [0.2, 0.25) is 6.79 Å². The minimum atomic E-state index is 0.284. The van der Waals surface area contributed by atoms with Crippen molar-refractivity contribution in [2.45, 2.75) is 6.54 Å². The number of rotatable bonds is 2. The molecule has 1 N–H and O–H groups in total. The third-order valence-corrected chi connectivity index (χ3v) is 2.29. The number of ether oxygens (including phenoxy) is 2. The van der Waals surface area contributed by atoms with Gasteiger partial charge < -0.3 is 14.8 Å². The summed E-state index contributed by atoms with van der Waals surface area (Å²) in [6.07, 6.45) is 0. The van der Waals surface area contributed by atoms with Crippen LogP contribution in [-0.2, 0) is 6.54 Å². The van der Waals surface area contributed by atoms with E-state index in [1.54, 1.807) is 0 Å². The van der Waals surface area contributed by atoms with Crippen molar-refractivity contribution >= 4 is 11.6 Å². The molecule has 2 rings (SSSR count). The van der Waals surface area contributed by atoms with E-state index < -0.39 is 0 Å². The van der Waals surface area contributed by atoms with E-state index in [0.717, 1.165) is 17.1 Å². The van der Waals surface area contributed by atoms with E-state index in [1.165, 1.54) is 0 Å². The van der Waals surface area contributed by atoms with Crippen LogP contribution in [0.25, 0.3) is 0 Å². The van der Waals surface area contributed by atoms with Gasteiger partial charge in [0.05, 0.1) is 0 Å². The van der Waals surface area contributed by atoms with E-state index in [0.29, 0.717) is 11.6 Å². The van der Waals surface area contributed by atoms with Crippen molar-refractivity contribution < 1.29 is 9.47 Å². The molecule has 0 saturated carbocycles. The Labute approximate surface area is 81.6 Å². The molecule has 0 saturated heterocycles. The van der Waals surface area contributed by atoms with E-state index in [4.69, 9.17) is 21.1 Å². The molecule has 0 atom stereocenters. The molecule has 3 nitrogen and oxygen atoms in total. The van der Waals surface area contributed by atoms with Crippen LogP contribution in [0.2, 0.25) is 5.02 Å². The Hall–Kier alpha value is -0.930. The van der Waals surface area contributed by atoms with Crippen LogP contribution in [-0.4, -0.2) is 13.8 Å². The molecule has 0 aromatic heterocycles. The van der Waals surface area contributed by atoms with Gasteiger partial charge in [-0.15, -0.1) is 0 Å². The number of hydrogen-bond donors (Lipinski definition) is 1. The molecular weight excluding hydrogens is 190 g/mol. The first-order valence-electron chi connectivity index (χ1n) is 4.04. The molecule has 13 heavy (non-hydrogen) atoms. The first-order valence-corrected chi connectivity index (χ1v) is 4.42. The molecular formula is C9H10ClNO2. The van der Waals surface area contributed by atoms with E-state index in [9.17, 15) is 0 Å². The third-order valence-electron chi connectivity index (χ3n) is 1.94. The maximum Gasteiger partial charge on any atom is 0.231 e. The summed E-state index contributed by atoms with van der Waals surface area (Å²) in [7, 11) is 1.87. The number of hydrogen-bond acceptors (Lipinski definition) is 3. The Morgan fingerprint density at radius 2 is 2.31 bits per heavy atom. The topological polar surface area (TPSA) is 30.5 Å². The first-order chi connectivity index (χ1) is 6.33. The fourth-order valence-corrected chi connectivity index (χ4v) is 1.56. The highest BCUT2D eigenvalue weighted by molar-refractivity contribution is 6.31. The van der Waals surface area contributed by atoms with E-state index >= 15 is 0 Å². The molecule has 70 valence electrons. The lowest BCUT2D eigenvalue weighted by Gasteiger charge is -2.06. The van der Waals surface area contributed by atoms with Gasteiger partial charge >= 0.3 is 0 Å². The monoisotopic (exact) mass is 199 g/mol. The molecule has 0 unspecified atom stereocenters. The lowest BCUT2D eigenvalue weighted by atomic mass is 10.2. The minimum absolute atomic E-state index is 0.284. The summed E-state index contributed by atoms with van der Waals surface area (Å²) < 4.78 is 10.5. The highest BCUT2D eigenvalue weighted by Crippen LogP contribution is 2.39. The smallest absolute Gasteiger partial charge is 0.231 e. The van der Waals surface area contributed by atoms with Crippen molar-refractivity contribution in [3.05, 3.63) is 22.7 Å². The zero-order chi connectivity index (χ0) is 9.26. The fraction of sp³-hybridized carbons (Fsp3) is 0.333. The number of halogens is 1. The molecule has 1 aromatic rings. The van der Waals surface area contributed by atoms with Gasteiger partial charge in [0, 0.05) is 17.1 Å². The number of fused-ring (bicyclic) bond motifs is 1. The Bertz CT molecular complexity index is 328. The van der Waals surface area contributed by atoms with Gasteiger partial charge in [-0.25, -0.2) is 0 Å². The summed E-state index contributed by atoms with van der Waals surface area (Å²) in [6.45, 7) is 0.970. The van der Waals surface area contributed by atoms with Crippen molar-refractivity contribution in [3.8, 4) is 11.5 Å². The Balaban J connectivity index is 2.45. The Kier molecular flexibility index (Phi) is 2.29. The van der Waals surface area contributed by atoms with E-state index in [2.05, 4.69) is 5.32 Å². The fourth-order valence-electron chi connectivity index (χ4n) is 1.35. The average Bonchev–Trinajstić information content (AvgIpc) is 2.58. The second-order valence-corrected chi connectivity index (χ2v) is 3.20. The van der Waals surface area contributed by atoms with Gasteiger partial charge in [-0.3, -0.25) is 0 Å². The van der Waals surface area contributed by atoms with Gasteiger partial charge in [0.1, 0.15) is 0 Å². The molecule has 1 aliphatic heterocycles. The van der Waals surface area contributed by atoms with Crippen molar-refractivity contribution in [2.24, 2.45) is 0 Å². The molecule has 0 bridgehead atoms. The van der Waals surface area contributed by atoms with Gasteiger partial charge in [0.25, 0.3) is 0 Å². The lowest BCUT2D eigenvalue weighted by molar-refractivity contribution is 0.173. The van der Waals surface area contributed by atoms with Crippen molar-refractivity contribution in [1.29, 1.82) is 0 Å². The zero-order valence-corrected chi connectivity index (χ0v) is 8.02. The molecule has 0 radical (unpaired) electrons. The SMILES string of the molecule is CNCc1c(Cl)ccc2c1OCO2. The summed E-state index contributed by atoms with van der Waals surface area (Å²) in [5.74, 6) is 1.54. The molecule has 0 spiro atoms. The lowest BCUT2D eigenvalue weighted by Crippen LogP contribution is -2.06. The minimum Gasteiger partial charge on any atom is -0.454 e. The normalized spacial score (nSPS) is 13.4. The third kappa shape index (κ3) is 1.45. The van der Waals surface area contributed by atoms with Crippen LogP contribution in [0.1, 0.15) is 5.56 Å². The zero-order valence-electron chi connectivity index (χ0n) is 7.26. The highest BCUT2D eigenvalue weighted by atomic mass is 35.5. The Morgan fingerprint density at radius 1 is 1.46 bits per heavy atom. The van der Waals surface area contributed by atoms with Crippen LogP contribution in [0, 0.1) is 0 Å². The molecule has 1 aromatic carbocycles. The van der Waals surface area contributed by atoms with Gasteiger partial charge in [-0.2, -0.15) is 0 Å². The van der Waals surface area contributed by atoms with Gasteiger partial charge in [-0.1, -0.05) is 11.6 Å². The largest absolute Gasteiger partial charge is 0.454 e. The van der Waals surface area contributed by atoms with E-state index in [1.807, 2.05) is 19.2 Å². The summed E-state index contributed by atoms with van der Waals surface area (Å²) in [5.41, 5.74) is 0.958. The standard InChI is InChI=1S/C9H10ClNO2/c1-11-4-6-7(10)2-3-8-9(6)13-5-12-8/h2-3,11H,4-5H2,1H3. The maximum atomic E-state index is 6.01. The summed E-state index contributed by atoms with van der Waals surface area (Å²) in [5, 5.41) is 3.74. The van der Waals surface area contributed by atoms with Crippen molar-refractivity contribution in [2.75, 3.05) is 13.8 Å². The number of benzene rings is 1. The molecule has 1 aliphatic rings. The van der Waals surface area contributed by atoms with E-state index in [-0.39, 0.29) is 6.79 Å². The quantitative estimate of drug-likeness (QED) is 0.788. The second-order valence-electron chi connectivity index (χ2n) is 2.79. The van der Waals surface area contributed by atoms with Gasteiger partial charge in [-0.05, 0) is 19.2 Å². The predicted octanol–water partition coefficient (Wildman–Crippen LogP) is 1.79. The maximum absolute atomic E-state index is 6.01. The van der Waals surface area contributed by atoms with Crippen LogP contribution in [0.15, 0.2) is 12.1 Å². The molecule has 0 amide bonds. The van der Waals surface area contributed by atoms with Crippen LogP contribution < -0.4 is 14.8 Å². The molecule has 0 aliphatic carbocycles. The van der Waals surface area contributed by atoms with Crippen molar-refractivity contribution in [3.63, 3.8) is 0 Å². The highest BCUT2D eigenvalue weighted by Gasteiger charge is 2.19. The second kappa shape index (κ2) is 3.44. The van der Waals surface area contributed by atoms with Crippen LogP contribution >= 0.6 is 11.6 Å². The molecule has 4 heteroatoms. The van der Waals surface area contributed by atoms with Gasteiger partial charge in [0.15, 0.2) is 11.5 Å².